The van der Waals surface area contributed by atoms with Crippen molar-refractivity contribution >= 4 is 16.4 Å². The van der Waals surface area contributed by atoms with Crippen LogP contribution in [-0.4, -0.2) is 39.7 Å². The lowest BCUT2D eigenvalue weighted by atomic mass is 10.1. The molecule has 0 saturated heterocycles. The summed E-state index contributed by atoms with van der Waals surface area (Å²) < 4.78 is 56.9. The van der Waals surface area contributed by atoms with Crippen molar-refractivity contribution in [2.75, 3.05) is 6.61 Å². The molecular weight excluding hydrogens is 447 g/mol. The highest BCUT2D eigenvalue weighted by Gasteiger charge is 2.36. The average molecular weight is 473 g/mol. The van der Waals surface area contributed by atoms with E-state index < -0.39 is 28.5 Å². The summed E-state index contributed by atoms with van der Waals surface area (Å²) in [6.45, 7) is -0.200. The number of rotatable bonds is 13. The van der Waals surface area contributed by atoms with E-state index >= 15 is 0 Å². The highest BCUT2D eigenvalue weighted by molar-refractivity contribution is 7.86. The van der Waals surface area contributed by atoms with Crippen LogP contribution in [0.1, 0.15) is 11.1 Å². The molecule has 0 aliphatic rings. The molecule has 0 radical (unpaired) electrons. The third-order valence-electron chi connectivity index (χ3n) is 4.77. The number of ether oxygens (including phenoxy) is 2. The third kappa shape index (κ3) is 7.57. The Bertz CT molecular complexity index is 1080. The van der Waals surface area contributed by atoms with Crippen LogP contribution in [0.5, 0.6) is 0 Å². The predicted octanol–water partition coefficient (Wildman–Crippen LogP) is 4.10. The lowest BCUT2D eigenvalue weighted by Crippen LogP contribution is -2.44. The summed E-state index contributed by atoms with van der Waals surface area (Å²) in [5.74, 6) is 0. The van der Waals surface area contributed by atoms with Gasteiger partial charge in [0.05, 0.1) is 24.7 Å². The van der Waals surface area contributed by atoms with E-state index in [2.05, 4.69) is 0 Å². The minimum Gasteiger partial charge on any atom is -0.374 e. The van der Waals surface area contributed by atoms with E-state index in [4.69, 9.17) is 13.7 Å². The Morgan fingerprint density at radius 2 is 1.30 bits per heavy atom. The molecule has 0 bridgehead atoms. The molecule has 0 saturated carbocycles. The smallest absolute Gasteiger partial charge is 0.297 e. The number of carbonyl (C=O) groups is 1. The number of aldehydes is 1. The molecule has 0 N–H and O–H groups in total. The van der Waals surface area contributed by atoms with E-state index in [-0.39, 0.29) is 31.0 Å². The highest BCUT2D eigenvalue weighted by atomic mass is 32.2. The number of halogens is 1. The fraction of sp³-hybridized carbons (Fsp3) is 0.240. The van der Waals surface area contributed by atoms with Gasteiger partial charge >= 0.3 is 0 Å². The Balaban J connectivity index is 1.80. The van der Waals surface area contributed by atoms with Gasteiger partial charge in [-0.05, 0) is 23.3 Å². The van der Waals surface area contributed by atoms with Crippen molar-refractivity contribution in [1.29, 1.82) is 0 Å². The number of benzene rings is 3. The number of hydrogen-bond donors (Lipinski definition) is 0. The summed E-state index contributed by atoms with van der Waals surface area (Å²) in [5.41, 5.74) is 1.58. The summed E-state index contributed by atoms with van der Waals surface area (Å²) in [5, 5.41) is 0. The zero-order valence-corrected chi connectivity index (χ0v) is 18.6. The fourth-order valence-electron chi connectivity index (χ4n) is 3.10. The van der Waals surface area contributed by atoms with Gasteiger partial charge in [0, 0.05) is 0 Å². The Kier molecular flexibility index (Phi) is 9.26. The van der Waals surface area contributed by atoms with Gasteiger partial charge in [-0.2, -0.15) is 8.42 Å². The normalized spacial score (nSPS) is 14.3. The molecule has 0 heterocycles. The molecule has 8 heteroatoms. The first-order valence-corrected chi connectivity index (χ1v) is 11.8. The van der Waals surface area contributed by atoms with Crippen LogP contribution in [0.3, 0.4) is 0 Å². The maximum atomic E-state index is 14.7. The molecule has 0 aliphatic carbocycles. The van der Waals surface area contributed by atoms with E-state index in [1.54, 1.807) is 42.5 Å². The predicted molar refractivity (Wildman–Crippen MR) is 121 cm³/mol. The number of alkyl halides is 1. The van der Waals surface area contributed by atoms with Crippen LogP contribution in [-0.2, 0) is 41.8 Å². The molecule has 0 spiro atoms. The van der Waals surface area contributed by atoms with E-state index in [1.807, 2.05) is 36.4 Å². The minimum atomic E-state index is -4.27. The summed E-state index contributed by atoms with van der Waals surface area (Å²) in [7, 11) is -4.27. The van der Waals surface area contributed by atoms with Crippen LogP contribution in [0.15, 0.2) is 95.9 Å². The number of carbonyl (C=O) groups excluding carboxylic acids is 1. The van der Waals surface area contributed by atoms with Gasteiger partial charge < -0.3 is 14.3 Å². The van der Waals surface area contributed by atoms with Gasteiger partial charge in [0.1, 0.15) is 12.2 Å². The van der Waals surface area contributed by atoms with Crippen molar-refractivity contribution in [1.82, 2.24) is 0 Å². The largest absolute Gasteiger partial charge is 0.374 e. The highest BCUT2D eigenvalue weighted by Crippen LogP contribution is 2.21. The molecule has 3 unspecified atom stereocenters. The van der Waals surface area contributed by atoms with Crippen LogP contribution in [0.25, 0.3) is 0 Å². The van der Waals surface area contributed by atoms with Crippen molar-refractivity contribution < 1.29 is 31.3 Å². The Morgan fingerprint density at radius 1 is 0.788 bits per heavy atom. The molecular formula is C25H25FO6S. The molecule has 3 aromatic rings. The van der Waals surface area contributed by atoms with E-state index in [0.717, 1.165) is 11.1 Å². The zero-order valence-electron chi connectivity index (χ0n) is 17.8. The van der Waals surface area contributed by atoms with E-state index in [1.165, 1.54) is 12.1 Å². The molecule has 3 rings (SSSR count). The average Bonchev–Trinajstić information content (AvgIpc) is 2.85. The van der Waals surface area contributed by atoms with Gasteiger partial charge in [0.25, 0.3) is 10.1 Å². The van der Waals surface area contributed by atoms with Gasteiger partial charge in [-0.25, -0.2) is 4.39 Å². The Morgan fingerprint density at radius 3 is 1.85 bits per heavy atom. The molecule has 0 fully saturated rings. The first-order valence-electron chi connectivity index (χ1n) is 10.3. The van der Waals surface area contributed by atoms with Crippen LogP contribution >= 0.6 is 0 Å². The Hall–Kier alpha value is -2.91. The maximum absolute atomic E-state index is 14.7. The molecule has 174 valence electrons. The van der Waals surface area contributed by atoms with Crippen LogP contribution in [0.2, 0.25) is 0 Å². The lowest BCUT2D eigenvalue weighted by Gasteiger charge is -2.27. The summed E-state index contributed by atoms with van der Waals surface area (Å²) >= 11 is 0. The monoisotopic (exact) mass is 472 g/mol. The minimum absolute atomic E-state index is 0.0380. The molecule has 33 heavy (non-hydrogen) atoms. The first kappa shape index (κ1) is 24.7. The second kappa shape index (κ2) is 12.4. The third-order valence-corrected chi connectivity index (χ3v) is 6.12. The van der Waals surface area contributed by atoms with E-state index in [0.29, 0.717) is 0 Å². The topological polar surface area (TPSA) is 78.9 Å². The second-order valence-corrected chi connectivity index (χ2v) is 8.82. The standard InChI is InChI=1S/C25H25FO6S/c26-23(16-27)25(31-18-21-12-6-2-7-13-21)24(19-30-17-20-10-4-1-5-11-20)32-33(28,29)22-14-8-3-9-15-22/h1-16,23-25H,17-19H2. The molecule has 3 atom stereocenters. The SMILES string of the molecule is O=CC(F)C(OCc1ccccc1)C(COCc1ccccc1)OS(=O)(=O)c1ccccc1. The molecule has 6 nitrogen and oxygen atoms in total. The summed E-state index contributed by atoms with van der Waals surface area (Å²) in [6.07, 6.45) is -4.96. The summed E-state index contributed by atoms with van der Waals surface area (Å²) in [4.78, 5) is 11.2. The Labute approximate surface area is 193 Å². The fourth-order valence-corrected chi connectivity index (χ4v) is 4.19. The molecule has 0 aliphatic heterocycles. The van der Waals surface area contributed by atoms with Crippen molar-refractivity contribution in [2.24, 2.45) is 0 Å². The molecule has 3 aromatic carbocycles. The van der Waals surface area contributed by atoms with Gasteiger partial charge in [-0.3, -0.25) is 4.18 Å². The molecule has 0 amide bonds. The molecule has 0 aromatic heterocycles. The van der Waals surface area contributed by atoms with Crippen molar-refractivity contribution in [2.45, 2.75) is 36.5 Å². The van der Waals surface area contributed by atoms with Gasteiger partial charge in [-0.15, -0.1) is 0 Å². The zero-order chi connectivity index (χ0) is 23.5. The van der Waals surface area contributed by atoms with Gasteiger partial charge in [-0.1, -0.05) is 78.9 Å². The second-order valence-electron chi connectivity index (χ2n) is 7.24. The van der Waals surface area contributed by atoms with Gasteiger partial charge in [0.15, 0.2) is 12.5 Å². The van der Waals surface area contributed by atoms with Crippen molar-refractivity contribution in [3.63, 3.8) is 0 Å². The van der Waals surface area contributed by atoms with Crippen molar-refractivity contribution in [3.05, 3.63) is 102 Å². The van der Waals surface area contributed by atoms with Crippen LogP contribution in [0.4, 0.5) is 4.39 Å². The lowest BCUT2D eigenvalue weighted by molar-refractivity contribution is -0.129. The van der Waals surface area contributed by atoms with Crippen LogP contribution < -0.4 is 0 Å². The quantitative estimate of drug-likeness (QED) is 0.275. The summed E-state index contributed by atoms with van der Waals surface area (Å²) in [6, 6.07) is 25.6. The van der Waals surface area contributed by atoms with Crippen LogP contribution in [0, 0.1) is 0 Å². The number of hydrogen-bond acceptors (Lipinski definition) is 6. The van der Waals surface area contributed by atoms with Gasteiger partial charge in [0.2, 0.25) is 0 Å². The van der Waals surface area contributed by atoms with E-state index in [9.17, 15) is 17.6 Å². The first-order chi connectivity index (χ1) is 16.0. The maximum Gasteiger partial charge on any atom is 0.297 e. The van der Waals surface area contributed by atoms with Crippen molar-refractivity contribution in [3.8, 4) is 0 Å².